The van der Waals surface area contributed by atoms with Gasteiger partial charge in [0.1, 0.15) is 18.8 Å². The second-order valence-corrected chi connectivity index (χ2v) is 5.73. The first-order valence-corrected chi connectivity index (χ1v) is 7.36. The number of methoxy groups -OCH3 is 1. The maximum atomic E-state index is 11.8. The molecule has 0 amide bonds. The van der Waals surface area contributed by atoms with Crippen LogP contribution in [0.25, 0.3) is 0 Å². The molecule has 0 unspecified atom stereocenters. The van der Waals surface area contributed by atoms with Crippen molar-refractivity contribution < 1.29 is 29.2 Å². The van der Waals surface area contributed by atoms with Crippen molar-refractivity contribution in [1.29, 1.82) is 0 Å². The maximum absolute atomic E-state index is 11.8. The number of rotatable bonds is 4. The van der Waals surface area contributed by atoms with E-state index in [9.17, 15) is 15.0 Å². The van der Waals surface area contributed by atoms with Crippen molar-refractivity contribution >= 4 is 21.9 Å². The SMILES string of the molecule is CO[C@@H]1O[C@H](COC(=O)c2ccccc2)[C@H](O)[C@@H](Br)[C@H]1O. The highest BCUT2D eigenvalue weighted by atomic mass is 79.9. The van der Waals surface area contributed by atoms with Crippen molar-refractivity contribution in [1.82, 2.24) is 0 Å². The van der Waals surface area contributed by atoms with Gasteiger partial charge in [0, 0.05) is 7.11 Å². The number of hydrogen-bond donors (Lipinski definition) is 2. The van der Waals surface area contributed by atoms with Crippen LogP contribution in [0.5, 0.6) is 0 Å². The Morgan fingerprint density at radius 1 is 1.29 bits per heavy atom. The summed E-state index contributed by atoms with van der Waals surface area (Å²) >= 11 is 3.19. The minimum Gasteiger partial charge on any atom is -0.459 e. The number of hydrogen-bond acceptors (Lipinski definition) is 6. The molecular formula is C14H17BrO6. The number of aliphatic hydroxyl groups excluding tert-OH is 2. The smallest absolute Gasteiger partial charge is 0.338 e. The van der Waals surface area contributed by atoms with E-state index in [0.29, 0.717) is 5.56 Å². The molecule has 2 N–H and O–H groups in total. The third kappa shape index (κ3) is 3.81. The minimum atomic E-state index is -1.02. The monoisotopic (exact) mass is 360 g/mol. The predicted molar refractivity (Wildman–Crippen MR) is 77.1 cm³/mol. The molecule has 1 fully saturated rings. The van der Waals surface area contributed by atoms with Crippen LogP contribution in [-0.4, -0.2) is 59.3 Å². The first-order valence-electron chi connectivity index (χ1n) is 6.45. The zero-order chi connectivity index (χ0) is 15.4. The van der Waals surface area contributed by atoms with E-state index in [2.05, 4.69) is 15.9 Å². The van der Waals surface area contributed by atoms with Crippen molar-refractivity contribution in [3.63, 3.8) is 0 Å². The summed E-state index contributed by atoms with van der Waals surface area (Å²) in [5.74, 6) is -0.502. The molecule has 6 nitrogen and oxygen atoms in total. The summed E-state index contributed by atoms with van der Waals surface area (Å²) in [6.07, 6.45) is -3.70. The first-order chi connectivity index (χ1) is 10.0. The van der Waals surface area contributed by atoms with Gasteiger partial charge in [0.25, 0.3) is 0 Å². The van der Waals surface area contributed by atoms with Gasteiger partial charge in [-0.1, -0.05) is 34.1 Å². The van der Waals surface area contributed by atoms with Crippen LogP contribution < -0.4 is 0 Å². The van der Waals surface area contributed by atoms with Gasteiger partial charge in [0.15, 0.2) is 6.29 Å². The zero-order valence-corrected chi connectivity index (χ0v) is 13.0. The Morgan fingerprint density at radius 2 is 1.95 bits per heavy atom. The van der Waals surface area contributed by atoms with Gasteiger partial charge in [-0.05, 0) is 12.1 Å². The Morgan fingerprint density at radius 3 is 2.57 bits per heavy atom. The Kier molecular flexibility index (Phi) is 5.72. The van der Waals surface area contributed by atoms with E-state index in [4.69, 9.17) is 14.2 Å². The molecule has 0 saturated carbocycles. The highest BCUT2D eigenvalue weighted by Crippen LogP contribution is 2.27. The van der Waals surface area contributed by atoms with Crippen LogP contribution in [0, 0.1) is 0 Å². The van der Waals surface area contributed by atoms with E-state index >= 15 is 0 Å². The van der Waals surface area contributed by atoms with E-state index in [1.165, 1.54) is 7.11 Å². The first kappa shape index (κ1) is 16.4. The van der Waals surface area contributed by atoms with Crippen molar-refractivity contribution in [2.24, 2.45) is 0 Å². The third-order valence-corrected chi connectivity index (χ3v) is 4.33. The lowest BCUT2D eigenvalue weighted by molar-refractivity contribution is -0.257. The second kappa shape index (κ2) is 7.33. The van der Waals surface area contributed by atoms with E-state index in [1.807, 2.05) is 0 Å². The molecule has 1 heterocycles. The summed E-state index contributed by atoms with van der Waals surface area (Å²) in [4.78, 5) is 11.2. The van der Waals surface area contributed by atoms with Crippen LogP contribution in [0.4, 0.5) is 0 Å². The molecule has 21 heavy (non-hydrogen) atoms. The van der Waals surface area contributed by atoms with Crippen molar-refractivity contribution in [2.75, 3.05) is 13.7 Å². The minimum absolute atomic E-state index is 0.135. The molecule has 7 heteroatoms. The quantitative estimate of drug-likeness (QED) is 0.607. The lowest BCUT2D eigenvalue weighted by Gasteiger charge is -2.39. The lowest BCUT2D eigenvalue weighted by atomic mass is 10.0. The number of alkyl halides is 1. The van der Waals surface area contributed by atoms with E-state index in [0.717, 1.165) is 0 Å². The van der Waals surface area contributed by atoms with Gasteiger partial charge >= 0.3 is 5.97 Å². The largest absolute Gasteiger partial charge is 0.459 e. The predicted octanol–water partition coefficient (Wildman–Crippen LogP) is 0.700. The Balaban J connectivity index is 1.94. The Hall–Kier alpha value is -0.990. The molecule has 1 aliphatic rings. The Labute approximate surface area is 130 Å². The fourth-order valence-corrected chi connectivity index (χ4v) is 2.63. The Bertz CT molecular complexity index is 466. The van der Waals surface area contributed by atoms with Crippen LogP contribution in [0.15, 0.2) is 30.3 Å². The summed E-state index contributed by atoms with van der Waals surface area (Å²) in [7, 11) is 1.39. The summed E-state index contributed by atoms with van der Waals surface area (Å²) in [5.41, 5.74) is 0.418. The van der Waals surface area contributed by atoms with Gasteiger partial charge in [0.2, 0.25) is 0 Å². The summed E-state index contributed by atoms with van der Waals surface area (Å²) in [5, 5.41) is 19.8. The van der Waals surface area contributed by atoms with Gasteiger partial charge in [-0.3, -0.25) is 0 Å². The lowest BCUT2D eigenvalue weighted by Crippen LogP contribution is -2.57. The van der Waals surface area contributed by atoms with Crippen molar-refractivity contribution in [3.05, 3.63) is 35.9 Å². The normalized spacial score (nSPS) is 32.7. The molecule has 0 spiro atoms. The number of esters is 1. The van der Waals surface area contributed by atoms with Crippen LogP contribution in [0.1, 0.15) is 10.4 Å². The average Bonchev–Trinajstić information content (AvgIpc) is 2.52. The van der Waals surface area contributed by atoms with E-state index in [-0.39, 0.29) is 6.61 Å². The van der Waals surface area contributed by atoms with Crippen LogP contribution in [-0.2, 0) is 14.2 Å². The molecule has 116 valence electrons. The van der Waals surface area contributed by atoms with Crippen LogP contribution in [0.3, 0.4) is 0 Å². The highest BCUT2D eigenvalue weighted by Gasteiger charge is 2.43. The number of benzene rings is 1. The summed E-state index contributed by atoms with van der Waals surface area (Å²) in [6.45, 7) is -0.135. The average molecular weight is 361 g/mol. The second-order valence-electron chi connectivity index (χ2n) is 4.67. The molecular weight excluding hydrogens is 344 g/mol. The molecule has 1 aromatic rings. The number of ether oxygens (including phenoxy) is 3. The molecule has 1 aliphatic heterocycles. The van der Waals surface area contributed by atoms with Gasteiger partial charge in [-0.25, -0.2) is 4.79 Å². The fraction of sp³-hybridized carbons (Fsp3) is 0.500. The van der Waals surface area contributed by atoms with Gasteiger partial charge in [-0.15, -0.1) is 0 Å². The van der Waals surface area contributed by atoms with Crippen LogP contribution in [0.2, 0.25) is 0 Å². The molecule has 0 aromatic heterocycles. The summed E-state index contributed by atoms with van der Waals surface area (Å²) < 4.78 is 15.5. The van der Waals surface area contributed by atoms with Crippen molar-refractivity contribution in [3.8, 4) is 0 Å². The molecule has 1 saturated heterocycles. The third-order valence-electron chi connectivity index (χ3n) is 3.24. The standard InChI is InChI=1S/C14H17BrO6/c1-19-14-12(17)10(15)11(16)9(21-14)7-20-13(18)8-5-3-2-4-6-8/h2-6,9-12,14,16-17H,7H2,1H3/t9-,10-,11+,12-,14-/m1/s1. The van der Waals surface area contributed by atoms with E-state index < -0.39 is 35.4 Å². The van der Waals surface area contributed by atoms with Gasteiger partial charge < -0.3 is 24.4 Å². The number of aliphatic hydroxyl groups is 2. The van der Waals surface area contributed by atoms with Crippen LogP contribution >= 0.6 is 15.9 Å². The molecule has 0 aliphatic carbocycles. The number of halogens is 1. The highest BCUT2D eigenvalue weighted by molar-refractivity contribution is 9.09. The van der Waals surface area contributed by atoms with Gasteiger partial charge in [-0.2, -0.15) is 0 Å². The molecule has 0 radical (unpaired) electrons. The number of carbonyl (C=O) groups is 1. The zero-order valence-electron chi connectivity index (χ0n) is 11.4. The fourth-order valence-electron chi connectivity index (χ4n) is 2.04. The molecule has 1 aromatic carbocycles. The maximum Gasteiger partial charge on any atom is 0.338 e. The topological polar surface area (TPSA) is 85.2 Å². The van der Waals surface area contributed by atoms with Crippen molar-refractivity contribution in [2.45, 2.75) is 29.4 Å². The summed E-state index contributed by atoms with van der Waals surface area (Å²) in [6, 6.07) is 8.53. The molecule has 2 rings (SSSR count). The molecule has 5 atom stereocenters. The van der Waals surface area contributed by atoms with E-state index in [1.54, 1.807) is 30.3 Å². The molecule has 0 bridgehead atoms. The number of carbonyl (C=O) groups excluding carboxylic acids is 1. The van der Waals surface area contributed by atoms with Gasteiger partial charge in [0.05, 0.1) is 16.5 Å².